The molecule has 4 aromatic carbocycles. The van der Waals surface area contributed by atoms with Crippen LogP contribution in [0.3, 0.4) is 0 Å². The van der Waals surface area contributed by atoms with Gasteiger partial charge in [-0.05, 0) is 60.5 Å². The van der Waals surface area contributed by atoms with Crippen LogP contribution in [0.4, 0.5) is 17.1 Å². The minimum absolute atomic E-state index is 0.0897. The molecule has 2 amide bonds. The van der Waals surface area contributed by atoms with Crippen molar-refractivity contribution in [3.05, 3.63) is 129 Å². The van der Waals surface area contributed by atoms with Crippen LogP contribution >= 0.6 is 23.4 Å². The fourth-order valence-corrected chi connectivity index (χ4v) is 4.82. The third kappa shape index (κ3) is 6.55. The highest BCUT2D eigenvalue weighted by molar-refractivity contribution is 8.00. The van der Waals surface area contributed by atoms with Crippen LogP contribution in [0.1, 0.15) is 26.7 Å². The number of nitrogens with one attached hydrogen (secondary N) is 2. The van der Waals surface area contributed by atoms with Gasteiger partial charge in [-0.25, -0.2) is 0 Å². The number of benzene rings is 4. The van der Waals surface area contributed by atoms with Crippen molar-refractivity contribution < 1.29 is 14.5 Å². The van der Waals surface area contributed by atoms with Crippen LogP contribution in [0.2, 0.25) is 5.02 Å². The lowest BCUT2D eigenvalue weighted by Gasteiger charge is -2.19. The summed E-state index contributed by atoms with van der Waals surface area (Å²) in [5.41, 5.74) is 2.99. The molecule has 7 nitrogen and oxygen atoms in total. The summed E-state index contributed by atoms with van der Waals surface area (Å²) in [6, 6.07) is 27.3. The smallest absolute Gasteiger partial charge is 0.269 e. The van der Waals surface area contributed by atoms with Gasteiger partial charge in [0.2, 0.25) is 5.91 Å². The number of carbonyl (C=O) groups is 2. The van der Waals surface area contributed by atoms with Crippen LogP contribution in [-0.4, -0.2) is 16.7 Å². The van der Waals surface area contributed by atoms with Crippen molar-refractivity contribution in [3.8, 4) is 0 Å². The number of nitro benzene ring substituents is 1. The molecule has 9 heteroatoms. The average molecular weight is 532 g/mol. The predicted octanol–water partition coefficient (Wildman–Crippen LogP) is 7.28. The molecule has 0 radical (unpaired) electrons. The quantitative estimate of drug-likeness (QED) is 0.141. The fraction of sp³-hybridized carbons (Fsp3) is 0.0714. The summed E-state index contributed by atoms with van der Waals surface area (Å²) in [6.45, 7) is 1.85. The first kappa shape index (κ1) is 25.9. The molecule has 0 fully saturated rings. The van der Waals surface area contributed by atoms with Gasteiger partial charge >= 0.3 is 0 Å². The number of thioether (sulfide) groups is 1. The zero-order valence-corrected chi connectivity index (χ0v) is 21.3. The van der Waals surface area contributed by atoms with Crippen molar-refractivity contribution in [1.82, 2.24) is 0 Å². The number of nitro groups is 1. The molecule has 2 N–H and O–H groups in total. The Hall–Kier alpha value is -4.14. The minimum atomic E-state index is -0.569. The maximum absolute atomic E-state index is 13.4. The summed E-state index contributed by atoms with van der Waals surface area (Å²) in [5.74, 6) is -0.604. The second-order valence-corrected chi connectivity index (χ2v) is 9.68. The monoisotopic (exact) mass is 531 g/mol. The largest absolute Gasteiger partial charge is 0.325 e. The van der Waals surface area contributed by atoms with Crippen LogP contribution < -0.4 is 10.6 Å². The average Bonchev–Trinajstić information content (AvgIpc) is 2.90. The van der Waals surface area contributed by atoms with Gasteiger partial charge < -0.3 is 10.6 Å². The summed E-state index contributed by atoms with van der Waals surface area (Å²) in [5, 5.41) is 16.6. The first-order valence-electron chi connectivity index (χ1n) is 11.3. The lowest BCUT2D eigenvalue weighted by Crippen LogP contribution is -2.19. The highest BCUT2D eigenvalue weighted by Crippen LogP contribution is 2.37. The van der Waals surface area contributed by atoms with Gasteiger partial charge in [0, 0.05) is 39.0 Å². The molecule has 4 rings (SSSR count). The van der Waals surface area contributed by atoms with Crippen LogP contribution in [0, 0.1) is 17.0 Å². The SMILES string of the molecule is Cc1c(Cl)cccc1NC(=O)C(Sc1cccc(NC(=O)c2ccc([N+](=O)[O-])cc2)c1)c1ccccc1. The molecule has 0 aliphatic rings. The van der Waals surface area contributed by atoms with E-state index in [4.69, 9.17) is 11.6 Å². The Morgan fingerprint density at radius 2 is 1.59 bits per heavy atom. The summed E-state index contributed by atoms with van der Waals surface area (Å²) in [7, 11) is 0. The Balaban J connectivity index is 1.54. The van der Waals surface area contributed by atoms with Crippen molar-refractivity contribution in [3.63, 3.8) is 0 Å². The summed E-state index contributed by atoms with van der Waals surface area (Å²) < 4.78 is 0. The molecule has 0 heterocycles. The molecule has 0 saturated heterocycles. The number of hydrogen-bond donors (Lipinski definition) is 2. The first-order valence-corrected chi connectivity index (χ1v) is 12.5. The topological polar surface area (TPSA) is 101 Å². The van der Waals surface area contributed by atoms with E-state index in [2.05, 4.69) is 10.6 Å². The Morgan fingerprint density at radius 1 is 0.892 bits per heavy atom. The van der Waals surface area contributed by atoms with Crippen molar-refractivity contribution in [1.29, 1.82) is 0 Å². The molecule has 0 aliphatic carbocycles. The maximum Gasteiger partial charge on any atom is 0.269 e. The predicted molar refractivity (Wildman–Crippen MR) is 147 cm³/mol. The molecule has 0 spiro atoms. The second kappa shape index (κ2) is 11.7. The van der Waals surface area contributed by atoms with E-state index in [0.717, 1.165) is 16.0 Å². The summed E-state index contributed by atoms with van der Waals surface area (Å²) in [4.78, 5) is 37.2. The molecule has 186 valence electrons. The molecule has 37 heavy (non-hydrogen) atoms. The number of anilines is 2. The molecular formula is C28H22ClN3O4S. The van der Waals surface area contributed by atoms with Gasteiger partial charge in [-0.1, -0.05) is 54.1 Å². The van der Waals surface area contributed by atoms with Gasteiger partial charge in [0.15, 0.2) is 0 Å². The number of carbonyl (C=O) groups excluding carboxylic acids is 2. The molecule has 1 unspecified atom stereocenters. The van der Waals surface area contributed by atoms with E-state index in [-0.39, 0.29) is 11.6 Å². The fourth-order valence-electron chi connectivity index (χ4n) is 3.56. The van der Waals surface area contributed by atoms with E-state index in [1.165, 1.54) is 36.0 Å². The van der Waals surface area contributed by atoms with Crippen molar-refractivity contribution in [2.75, 3.05) is 10.6 Å². The Labute approximate surface area is 223 Å². The third-order valence-corrected chi connectivity index (χ3v) is 7.21. The van der Waals surface area contributed by atoms with Gasteiger partial charge in [0.25, 0.3) is 11.6 Å². The van der Waals surface area contributed by atoms with E-state index in [0.29, 0.717) is 22.0 Å². The van der Waals surface area contributed by atoms with Crippen molar-refractivity contribution in [2.45, 2.75) is 17.1 Å². The highest BCUT2D eigenvalue weighted by atomic mass is 35.5. The van der Waals surface area contributed by atoms with Gasteiger partial charge in [-0.15, -0.1) is 11.8 Å². The zero-order chi connectivity index (χ0) is 26.4. The number of hydrogen-bond acceptors (Lipinski definition) is 5. The van der Waals surface area contributed by atoms with Gasteiger partial charge in [0.05, 0.1) is 4.92 Å². The highest BCUT2D eigenvalue weighted by Gasteiger charge is 2.23. The Bertz CT molecular complexity index is 1450. The van der Waals surface area contributed by atoms with Gasteiger partial charge in [-0.3, -0.25) is 19.7 Å². The van der Waals surface area contributed by atoms with Gasteiger partial charge in [0.1, 0.15) is 5.25 Å². The molecule has 0 bridgehead atoms. The number of non-ortho nitro benzene ring substituents is 1. The standard InChI is InChI=1S/C28H22ClN3O4S/c1-18-24(29)11-6-12-25(18)31-28(34)26(19-7-3-2-4-8-19)37-23-10-5-9-21(17-23)30-27(33)20-13-15-22(16-14-20)32(35)36/h2-17,26H,1H3,(H,30,33)(H,31,34). The summed E-state index contributed by atoms with van der Waals surface area (Å²) in [6.07, 6.45) is 0. The molecule has 0 aromatic heterocycles. The van der Waals surface area contributed by atoms with Crippen molar-refractivity contribution >= 4 is 52.2 Å². The van der Waals surface area contributed by atoms with E-state index in [1.807, 2.05) is 43.3 Å². The van der Waals surface area contributed by atoms with Crippen molar-refractivity contribution in [2.24, 2.45) is 0 Å². The second-order valence-electron chi connectivity index (χ2n) is 8.10. The third-order valence-electron chi connectivity index (χ3n) is 5.55. The van der Waals surface area contributed by atoms with E-state index < -0.39 is 16.1 Å². The zero-order valence-electron chi connectivity index (χ0n) is 19.7. The minimum Gasteiger partial charge on any atom is -0.325 e. The molecule has 4 aromatic rings. The number of amides is 2. The van der Waals surface area contributed by atoms with E-state index >= 15 is 0 Å². The van der Waals surface area contributed by atoms with Crippen LogP contribution in [0.25, 0.3) is 0 Å². The first-order chi connectivity index (χ1) is 17.8. The Kier molecular flexibility index (Phi) is 8.22. The van der Waals surface area contributed by atoms with E-state index in [9.17, 15) is 19.7 Å². The molecular weight excluding hydrogens is 510 g/mol. The van der Waals surface area contributed by atoms with Crippen LogP contribution in [0.5, 0.6) is 0 Å². The number of rotatable bonds is 8. The lowest BCUT2D eigenvalue weighted by atomic mass is 10.1. The van der Waals surface area contributed by atoms with E-state index in [1.54, 1.807) is 36.4 Å². The number of halogens is 1. The Morgan fingerprint density at radius 3 is 2.30 bits per heavy atom. The molecule has 0 saturated carbocycles. The maximum atomic E-state index is 13.4. The number of nitrogens with zero attached hydrogens (tertiary/aromatic N) is 1. The molecule has 0 aliphatic heterocycles. The lowest BCUT2D eigenvalue weighted by molar-refractivity contribution is -0.384. The van der Waals surface area contributed by atoms with Gasteiger partial charge in [-0.2, -0.15) is 0 Å². The normalized spacial score (nSPS) is 11.4. The summed E-state index contributed by atoms with van der Waals surface area (Å²) >= 11 is 7.58. The van der Waals surface area contributed by atoms with Crippen LogP contribution in [0.15, 0.2) is 102 Å². The molecule has 1 atom stereocenters. The van der Waals surface area contributed by atoms with Crippen LogP contribution in [-0.2, 0) is 4.79 Å².